The normalized spacial score (nSPS) is 12.3. The van der Waals surface area contributed by atoms with Crippen LogP contribution in [0.5, 0.6) is 0 Å². The zero-order valence-electron chi connectivity index (χ0n) is 14.3. The van der Waals surface area contributed by atoms with E-state index in [1.165, 1.54) is 23.3 Å². The number of aryl methyl sites for hydroxylation is 1. The molecule has 0 spiro atoms. The van der Waals surface area contributed by atoms with Crippen molar-refractivity contribution in [1.82, 2.24) is 4.90 Å². The Morgan fingerprint density at radius 2 is 1.83 bits per heavy atom. The van der Waals surface area contributed by atoms with Crippen LogP contribution in [-0.2, 0) is 13.1 Å². The Labute approximate surface area is 144 Å². The SMILES string of the molecule is C=CCC[C@H](O)CN(Cc1ccc(F)cc1)Cc1ccccc1C. The molecule has 3 heteroatoms. The molecule has 0 saturated carbocycles. The first kappa shape index (κ1) is 18.4. The lowest BCUT2D eigenvalue weighted by molar-refractivity contribution is 0.0983. The van der Waals surface area contributed by atoms with Crippen molar-refractivity contribution < 1.29 is 9.50 Å². The summed E-state index contributed by atoms with van der Waals surface area (Å²) in [7, 11) is 0. The molecule has 0 aliphatic carbocycles. The van der Waals surface area contributed by atoms with Crippen LogP contribution in [0, 0.1) is 12.7 Å². The maximum Gasteiger partial charge on any atom is 0.123 e. The second-order valence-corrected chi connectivity index (χ2v) is 6.24. The summed E-state index contributed by atoms with van der Waals surface area (Å²) >= 11 is 0. The Bertz CT molecular complexity index is 639. The molecule has 2 aromatic carbocycles. The van der Waals surface area contributed by atoms with Crippen molar-refractivity contribution in [1.29, 1.82) is 0 Å². The second kappa shape index (κ2) is 9.36. The molecular formula is C21H26FNO. The number of aliphatic hydroxyl groups excluding tert-OH is 1. The highest BCUT2D eigenvalue weighted by Gasteiger charge is 2.13. The Balaban J connectivity index is 2.09. The van der Waals surface area contributed by atoms with E-state index in [9.17, 15) is 9.50 Å². The van der Waals surface area contributed by atoms with Crippen LogP contribution in [0.25, 0.3) is 0 Å². The first-order valence-electron chi connectivity index (χ1n) is 8.38. The third-order valence-corrected chi connectivity index (χ3v) is 4.15. The molecule has 0 radical (unpaired) electrons. The Morgan fingerprint density at radius 3 is 2.50 bits per heavy atom. The van der Waals surface area contributed by atoms with Gasteiger partial charge in [-0.3, -0.25) is 4.90 Å². The lowest BCUT2D eigenvalue weighted by Crippen LogP contribution is -2.32. The molecule has 1 N–H and O–H groups in total. The molecule has 0 aliphatic heterocycles. The molecule has 0 aromatic heterocycles. The zero-order valence-corrected chi connectivity index (χ0v) is 14.3. The summed E-state index contributed by atoms with van der Waals surface area (Å²) in [5.74, 6) is -0.227. The third kappa shape index (κ3) is 5.91. The molecule has 0 bridgehead atoms. The van der Waals surface area contributed by atoms with Gasteiger partial charge < -0.3 is 5.11 Å². The fourth-order valence-corrected chi connectivity index (χ4v) is 2.76. The molecule has 2 aromatic rings. The molecule has 2 nitrogen and oxygen atoms in total. The lowest BCUT2D eigenvalue weighted by atomic mass is 10.1. The Kier molecular flexibility index (Phi) is 7.16. The largest absolute Gasteiger partial charge is 0.392 e. The summed E-state index contributed by atoms with van der Waals surface area (Å²) in [4.78, 5) is 2.21. The van der Waals surface area contributed by atoms with Crippen LogP contribution in [0.2, 0.25) is 0 Å². The van der Waals surface area contributed by atoms with Gasteiger partial charge >= 0.3 is 0 Å². The van der Waals surface area contributed by atoms with Gasteiger partial charge in [-0.2, -0.15) is 0 Å². The summed E-state index contributed by atoms with van der Waals surface area (Å²) in [5, 5.41) is 10.3. The maximum absolute atomic E-state index is 13.1. The predicted molar refractivity (Wildman–Crippen MR) is 97.1 cm³/mol. The van der Waals surface area contributed by atoms with Crippen LogP contribution < -0.4 is 0 Å². The van der Waals surface area contributed by atoms with Crippen LogP contribution in [0.15, 0.2) is 61.2 Å². The highest BCUT2D eigenvalue weighted by atomic mass is 19.1. The summed E-state index contributed by atoms with van der Waals surface area (Å²) in [6.45, 7) is 7.83. The molecule has 0 heterocycles. The van der Waals surface area contributed by atoms with Crippen LogP contribution in [0.4, 0.5) is 4.39 Å². The molecule has 24 heavy (non-hydrogen) atoms. The third-order valence-electron chi connectivity index (χ3n) is 4.15. The quantitative estimate of drug-likeness (QED) is 0.687. The van der Waals surface area contributed by atoms with Gasteiger partial charge in [0, 0.05) is 19.6 Å². The van der Waals surface area contributed by atoms with Gasteiger partial charge in [0.25, 0.3) is 0 Å². The fraction of sp³-hybridized carbons (Fsp3) is 0.333. The number of rotatable bonds is 9. The number of allylic oxidation sites excluding steroid dienone is 1. The van der Waals surface area contributed by atoms with E-state index in [0.29, 0.717) is 19.5 Å². The van der Waals surface area contributed by atoms with E-state index in [-0.39, 0.29) is 5.82 Å². The van der Waals surface area contributed by atoms with Crippen molar-refractivity contribution in [2.75, 3.05) is 6.54 Å². The van der Waals surface area contributed by atoms with Crippen LogP contribution in [-0.4, -0.2) is 22.7 Å². The molecule has 0 aliphatic rings. The van der Waals surface area contributed by atoms with Gasteiger partial charge in [0.15, 0.2) is 0 Å². The van der Waals surface area contributed by atoms with Crippen LogP contribution >= 0.6 is 0 Å². The summed E-state index contributed by atoms with van der Waals surface area (Å²) in [6.07, 6.45) is 2.94. The van der Waals surface area contributed by atoms with E-state index in [2.05, 4.69) is 30.5 Å². The number of halogens is 1. The van der Waals surface area contributed by atoms with Crippen LogP contribution in [0.3, 0.4) is 0 Å². The second-order valence-electron chi connectivity index (χ2n) is 6.24. The van der Waals surface area contributed by atoms with Crippen LogP contribution in [0.1, 0.15) is 29.5 Å². The average molecular weight is 327 g/mol. The smallest absolute Gasteiger partial charge is 0.123 e. The van der Waals surface area contributed by atoms with Crippen molar-refractivity contribution >= 4 is 0 Å². The predicted octanol–water partition coefficient (Wildman–Crippen LogP) is 4.46. The first-order valence-corrected chi connectivity index (χ1v) is 8.38. The van der Waals surface area contributed by atoms with E-state index in [1.54, 1.807) is 12.1 Å². The number of nitrogens with zero attached hydrogens (tertiary/aromatic N) is 1. The summed E-state index contributed by atoms with van der Waals surface area (Å²) < 4.78 is 13.1. The topological polar surface area (TPSA) is 23.5 Å². The zero-order chi connectivity index (χ0) is 17.4. The summed E-state index contributed by atoms with van der Waals surface area (Å²) in [5.41, 5.74) is 3.53. The standard InChI is InChI=1S/C21H26FNO/c1-3-4-9-21(24)16-23(14-18-10-12-20(22)13-11-18)15-19-8-6-5-7-17(19)2/h3,5-8,10-13,21,24H,1,4,9,14-16H2,2H3/t21-/m0/s1. The molecule has 2 rings (SSSR count). The monoisotopic (exact) mass is 327 g/mol. The van der Waals surface area contributed by atoms with E-state index in [4.69, 9.17) is 0 Å². The molecule has 0 fully saturated rings. The summed E-state index contributed by atoms with van der Waals surface area (Å²) in [6, 6.07) is 14.8. The Morgan fingerprint density at radius 1 is 1.12 bits per heavy atom. The van der Waals surface area contributed by atoms with Crippen molar-refractivity contribution in [2.24, 2.45) is 0 Å². The highest BCUT2D eigenvalue weighted by Crippen LogP contribution is 2.15. The van der Waals surface area contributed by atoms with Gasteiger partial charge in [0.05, 0.1) is 6.10 Å². The molecule has 128 valence electrons. The van der Waals surface area contributed by atoms with Gasteiger partial charge in [-0.05, 0) is 48.6 Å². The molecular weight excluding hydrogens is 301 g/mol. The molecule has 0 amide bonds. The van der Waals surface area contributed by atoms with Gasteiger partial charge in [-0.25, -0.2) is 4.39 Å². The minimum absolute atomic E-state index is 0.227. The highest BCUT2D eigenvalue weighted by molar-refractivity contribution is 5.25. The minimum atomic E-state index is -0.396. The van der Waals surface area contributed by atoms with Gasteiger partial charge in [-0.1, -0.05) is 42.5 Å². The van der Waals surface area contributed by atoms with E-state index >= 15 is 0 Å². The lowest BCUT2D eigenvalue weighted by Gasteiger charge is -2.26. The van der Waals surface area contributed by atoms with E-state index < -0.39 is 6.10 Å². The van der Waals surface area contributed by atoms with Crippen molar-refractivity contribution in [2.45, 2.75) is 39.0 Å². The minimum Gasteiger partial charge on any atom is -0.392 e. The van der Waals surface area contributed by atoms with Gasteiger partial charge in [0.1, 0.15) is 5.82 Å². The number of benzene rings is 2. The number of hydrogen-bond donors (Lipinski definition) is 1. The van der Waals surface area contributed by atoms with Crippen molar-refractivity contribution in [3.63, 3.8) is 0 Å². The van der Waals surface area contributed by atoms with Gasteiger partial charge in [0.2, 0.25) is 0 Å². The van der Waals surface area contributed by atoms with Crippen molar-refractivity contribution in [3.8, 4) is 0 Å². The molecule has 0 unspecified atom stereocenters. The molecule has 0 saturated heterocycles. The average Bonchev–Trinajstić information content (AvgIpc) is 2.57. The fourth-order valence-electron chi connectivity index (χ4n) is 2.76. The Hall–Kier alpha value is -1.97. The number of hydrogen-bond acceptors (Lipinski definition) is 2. The maximum atomic E-state index is 13.1. The first-order chi connectivity index (χ1) is 11.6. The van der Waals surface area contributed by atoms with Gasteiger partial charge in [-0.15, -0.1) is 6.58 Å². The number of aliphatic hydroxyl groups is 1. The van der Waals surface area contributed by atoms with E-state index in [1.807, 2.05) is 18.2 Å². The molecule has 1 atom stereocenters. The van der Waals surface area contributed by atoms with Crippen molar-refractivity contribution in [3.05, 3.63) is 83.7 Å². The van der Waals surface area contributed by atoms with E-state index in [0.717, 1.165) is 18.5 Å².